The van der Waals surface area contributed by atoms with Gasteiger partial charge in [0.1, 0.15) is 0 Å². The van der Waals surface area contributed by atoms with Crippen LogP contribution in [0.3, 0.4) is 0 Å². The number of aromatic nitrogens is 2. The Bertz CT molecular complexity index is 2570. The molecule has 204 valence electrons. The molecule has 5 heterocycles. The molecule has 5 aromatic carbocycles. The molecule has 4 heteroatoms. The molecular weight excluding hydrogens is 539 g/mol. The van der Waals surface area contributed by atoms with Gasteiger partial charge >= 0.3 is 0 Å². The number of rotatable bonds is 2. The lowest BCUT2D eigenvalue weighted by Crippen LogP contribution is -2.59. The number of fused-ring (bicyclic) bond motifs is 13. The topological polar surface area (TPSA) is 9.86 Å². The SMILES string of the molecule is C/C=C\c1c(C)n2c3c4c5c(cc13)c1ccccc1n5-c1cc(C(C)C)ccc1B4c1ccc3sc4ccccc4c3c1-2. The lowest BCUT2D eigenvalue weighted by molar-refractivity contribution is 0.865. The summed E-state index contributed by atoms with van der Waals surface area (Å²) in [4.78, 5) is 0. The third-order valence-electron chi connectivity index (χ3n) is 10.2. The van der Waals surface area contributed by atoms with Crippen LogP contribution >= 0.6 is 11.3 Å². The number of benzene rings is 5. The van der Waals surface area contributed by atoms with Gasteiger partial charge in [-0.15, -0.1) is 11.3 Å². The van der Waals surface area contributed by atoms with E-state index in [1.807, 2.05) is 11.3 Å². The Balaban J connectivity index is 1.52. The highest BCUT2D eigenvalue weighted by Crippen LogP contribution is 2.44. The fourth-order valence-corrected chi connectivity index (χ4v) is 9.49. The summed E-state index contributed by atoms with van der Waals surface area (Å²) in [5, 5.41) is 6.80. The van der Waals surface area contributed by atoms with Crippen molar-refractivity contribution in [3.05, 3.63) is 108 Å². The fourth-order valence-electron chi connectivity index (χ4n) is 8.38. The highest BCUT2D eigenvalue weighted by atomic mass is 32.1. The van der Waals surface area contributed by atoms with Gasteiger partial charge in [-0.1, -0.05) is 80.6 Å². The Morgan fingerprint density at radius 3 is 2.35 bits per heavy atom. The van der Waals surface area contributed by atoms with Crippen molar-refractivity contribution < 1.29 is 0 Å². The second-order valence-corrected chi connectivity index (χ2v) is 13.7. The van der Waals surface area contributed by atoms with Crippen LogP contribution in [0.15, 0.2) is 91.0 Å². The van der Waals surface area contributed by atoms with E-state index in [-0.39, 0.29) is 6.71 Å². The molecule has 10 rings (SSSR count). The molecule has 0 atom stereocenters. The number of hydrogen-bond donors (Lipinski definition) is 0. The van der Waals surface area contributed by atoms with Gasteiger partial charge in [-0.25, -0.2) is 0 Å². The van der Waals surface area contributed by atoms with E-state index in [4.69, 9.17) is 0 Å². The van der Waals surface area contributed by atoms with Crippen LogP contribution < -0.4 is 16.4 Å². The van der Waals surface area contributed by atoms with Crippen LogP contribution in [0.5, 0.6) is 0 Å². The Hall–Kier alpha value is -4.54. The fraction of sp³-hybridized carbons (Fsp3) is 0.128. The van der Waals surface area contributed by atoms with Crippen LogP contribution in [0.2, 0.25) is 0 Å². The number of allylic oxidation sites excluding steroid dienone is 1. The first-order valence-corrected chi connectivity index (χ1v) is 16.2. The average molecular weight is 569 g/mol. The molecule has 0 saturated heterocycles. The van der Waals surface area contributed by atoms with Gasteiger partial charge in [-0.05, 0) is 72.0 Å². The van der Waals surface area contributed by atoms with E-state index in [0.717, 1.165) is 0 Å². The zero-order valence-electron chi connectivity index (χ0n) is 24.7. The summed E-state index contributed by atoms with van der Waals surface area (Å²) in [6.07, 6.45) is 4.52. The predicted molar refractivity (Wildman–Crippen MR) is 189 cm³/mol. The monoisotopic (exact) mass is 568 g/mol. The van der Waals surface area contributed by atoms with Gasteiger partial charge < -0.3 is 9.13 Å². The summed E-state index contributed by atoms with van der Waals surface area (Å²) in [6.45, 7) is 9.23. The second-order valence-electron chi connectivity index (χ2n) is 12.7. The normalized spacial score (nSPS) is 13.7. The number of thiophene rings is 1. The summed E-state index contributed by atoms with van der Waals surface area (Å²) in [5.74, 6) is 0.463. The zero-order chi connectivity index (χ0) is 28.7. The highest BCUT2D eigenvalue weighted by Gasteiger charge is 2.42. The molecule has 0 amide bonds. The summed E-state index contributed by atoms with van der Waals surface area (Å²) in [5.41, 5.74) is 15.1. The molecule has 0 N–H and O–H groups in total. The first kappa shape index (κ1) is 24.0. The molecule has 0 spiro atoms. The maximum Gasteiger partial charge on any atom is 0.252 e. The zero-order valence-corrected chi connectivity index (χ0v) is 25.5. The standard InChI is InChI=1S/C39H29BN2S/c1-5-10-24-22(4)41-37-27(24)20-28-25-11-6-8-13-31(25)42-32-19-23(21(2)3)15-16-29(32)40(36(37)38(28)42)30-17-18-34-35(39(30)41)26-12-7-9-14-33(26)43-34/h5-21H,1-4H3/b10-5-. The Labute approximate surface area is 254 Å². The lowest BCUT2D eigenvalue weighted by Gasteiger charge is -2.34. The minimum atomic E-state index is 0.164. The van der Waals surface area contributed by atoms with Crippen molar-refractivity contribution in [3.63, 3.8) is 0 Å². The molecule has 0 radical (unpaired) electrons. The van der Waals surface area contributed by atoms with Crippen molar-refractivity contribution in [1.29, 1.82) is 0 Å². The van der Waals surface area contributed by atoms with Gasteiger partial charge in [0.25, 0.3) is 6.71 Å². The molecule has 43 heavy (non-hydrogen) atoms. The minimum Gasteiger partial charge on any atom is -0.314 e. The molecule has 3 aromatic heterocycles. The van der Waals surface area contributed by atoms with E-state index in [0.29, 0.717) is 5.92 Å². The van der Waals surface area contributed by atoms with Crippen LogP contribution in [0.25, 0.3) is 70.3 Å². The molecular formula is C39H29BN2S. The van der Waals surface area contributed by atoms with Gasteiger partial charge in [0, 0.05) is 53.3 Å². The van der Waals surface area contributed by atoms with Crippen LogP contribution in [0.4, 0.5) is 0 Å². The van der Waals surface area contributed by atoms with Crippen molar-refractivity contribution in [2.45, 2.75) is 33.6 Å². The van der Waals surface area contributed by atoms with Gasteiger partial charge in [-0.3, -0.25) is 0 Å². The van der Waals surface area contributed by atoms with Crippen LogP contribution in [0.1, 0.15) is 43.5 Å². The molecule has 2 aliphatic rings. The summed E-state index contributed by atoms with van der Waals surface area (Å²) < 4.78 is 7.93. The molecule has 2 aliphatic heterocycles. The molecule has 8 aromatic rings. The molecule has 0 bridgehead atoms. The second kappa shape index (κ2) is 8.09. The quantitative estimate of drug-likeness (QED) is 0.185. The maximum atomic E-state index is 2.63. The third-order valence-corrected chi connectivity index (χ3v) is 11.3. The third kappa shape index (κ3) is 2.77. The first-order valence-electron chi connectivity index (χ1n) is 15.4. The minimum absolute atomic E-state index is 0.164. The van der Waals surface area contributed by atoms with E-state index in [2.05, 4.69) is 134 Å². The van der Waals surface area contributed by atoms with E-state index in [1.165, 1.54) is 97.5 Å². The largest absolute Gasteiger partial charge is 0.314 e. The molecule has 0 saturated carbocycles. The molecule has 2 nitrogen and oxygen atoms in total. The number of nitrogens with zero attached hydrogens (tertiary/aromatic N) is 2. The number of para-hydroxylation sites is 1. The van der Waals surface area contributed by atoms with Crippen molar-refractivity contribution in [1.82, 2.24) is 9.13 Å². The van der Waals surface area contributed by atoms with Gasteiger partial charge in [0.05, 0.1) is 22.2 Å². The Morgan fingerprint density at radius 2 is 1.51 bits per heavy atom. The van der Waals surface area contributed by atoms with Crippen molar-refractivity contribution in [2.24, 2.45) is 0 Å². The van der Waals surface area contributed by atoms with E-state index >= 15 is 0 Å². The van der Waals surface area contributed by atoms with Crippen molar-refractivity contribution >= 4 is 93.4 Å². The Kier molecular flexibility index (Phi) is 4.51. The van der Waals surface area contributed by atoms with Crippen LogP contribution in [-0.2, 0) is 0 Å². The average Bonchev–Trinajstić information content (AvgIpc) is 3.66. The van der Waals surface area contributed by atoms with E-state index in [9.17, 15) is 0 Å². The van der Waals surface area contributed by atoms with Crippen molar-refractivity contribution in [3.8, 4) is 11.4 Å². The first-order chi connectivity index (χ1) is 21.1. The van der Waals surface area contributed by atoms with Gasteiger partial charge in [-0.2, -0.15) is 0 Å². The lowest BCUT2D eigenvalue weighted by atomic mass is 9.34. The highest BCUT2D eigenvalue weighted by molar-refractivity contribution is 7.26. The number of hydrogen-bond acceptors (Lipinski definition) is 1. The summed E-state index contributed by atoms with van der Waals surface area (Å²) in [7, 11) is 0. The van der Waals surface area contributed by atoms with E-state index < -0.39 is 0 Å². The smallest absolute Gasteiger partial charge is 0.252 e. The van der Waals surface area contributed by atoms with Gasteiger partial charge in [0.2, 0.25) is 0 Å². The molecule has 0 aliphatic carbocycles. The molecule has 0 unspecified atom stereocenters. The van der Waals surface area contributed by atoms with E-state index in [1.54, 1.807) is 0 Å². The molecule has 0 fully saturated rings. The summed E-state index contributed by atoms with van der Waals surface area (Å²) >= 11 is 1.91. The summed E-state index contributed by atoms with van der Waals surface area (Å²) in [6, 6.07) is 32.6. The van der Waals surface area contributed by atoms with Crippen LogP contribution in [0, 0.1) is 6.92 Å². The Morgan fingerprint density at radius 1 is 0.744 bits per heavy atom. The van der Waals surface area contributed by atoms with Crippen LogP contribution in [-0.4, -0.2) is 15.8 Å². The van der Waals surface area contributed by atoms with Gasteiger partial charge in [0.15, 0.2) is 0 Å². The van der Waals surface area contributed by atoms with Crippen molar-refractivity contribution in [2.75, 3.05) is 0 Å². The predicted octanol–water partition coefficient (Wildman–Crippen LogP) is 8.70. The maximum absolute atomic E-state index is 2.63.